The fraction of sp³-hybridized carbons (Fsp3) is 0.0769. The highest BCUT2D eigenvalue weighted by Gasteiger charge is 2.08. The Bertz CT molecular complexity index is 699. The molecule has 4 nitrogen and oxygen atoms in total. The van der Waals surface area contributed by atoms with E-state index in [0.29, 0.717) is 12.2 Å². The van der Waals surface area contributed by atoms with Crippen molar-refractivity contribution in [3.63, 3.8) is 0 Å². The van der Waals surface area contributed by atoms with Gasteiger partial charge in [0, 0.05) is 22.7 Å². The van der Waals surface area contributed by atoms with Gasteiger partial charge in [0.15, 0.2) is 0 Å². The maximum Gasteiger partial charge on any atom is 0.120 e. The quantitative estimate of drug-likeness (QED) is 0.699. The van der Waals surface area contributed by atoms with Gasteiger partial charge in [-0.3, -0.25) is 0 Å². The molecule has 0 unspecified atom stereocenters. The summed E-state index contributed by atoms with van der Waals surface area (Å²) in [6.07, 6.45) is 4.03. The second kappa shape index (κ2) is 3.80. The van der Waals surface area contributed by atoms with Crippen molar-refractivity contribution in [1.82, 2.24) is 15.0 Å². The average molecular weight is 222 g/mol. The van der Waals surface area contributed by atoms with Crippen LogP contribution in [0.4, 0.5) is 0 Å². The molecule has 0 aliphatic rings. The molecule has 0 fully saturated rings. The smallest absolute Gasteiger partial charge is 0.120 e. The Kier molecular flexibility index (Phi) is 2.16. The van der Waals surface area contributed by atoms with Crippen LogP contribution >= 0.6 is 0 Å². The standard InChI is InChI=1S/C13H10N4/c14-6-5-13-16-8-12(17-13)10-7-15-11-4-2-1-3-9(10)11/h1-4,7-8,15H,5H2,(H,16,17). The van der Waals surface area contributed by atoms with Crippen LogP contribution in [0.1, 0.15) is 5.82 Å². The molecule has 0 saturated carbocycles. The van der Waals surface area contributed by atoms with Crippen LogP contribution in [0.5, 0.6) is 0 Å². The van der Waals surface area contributed by atoms with E-state index < -0.39 is 0 Å². The fourth-order valence-electron chi connectivity index (χ4n) is 1.96. The molecule has 2 heterocycles. The van der Waals surface area contributed by atoms with E-state index in [4.69, 9.17) is 5.26 Å². The van der Waals surface area contributed by atoms with Gasteiger partial charge < -0.3 is 9.97 Å². The summed E-state index contributed by atoms with van der Waals surface area (Å²) in [5.41, 5.74) is 3.11. The zero-order valence-corrected chi connectivity index (χ0v) is 9.07. The second-order valence-electron chi connectivity index (χ2n) is 3.83. The molecule has 0 saturated heterocycles. The van der Waals surface area contributed by atoms with Gasteiger partial charge in [0.2, 0.25) is 0 Å². The van der Waals surface area contributed by atoms with Crippen molar-refractivity contribution in [2.24, 2.45) is 0 Å². The van der Waals surface area contributed by atoms with E-state index in [9.17, 15) is 0 Å². The minimum Gasteiger partial charge on any atom is -0.360 e. The fourth-order valence-corrected chi connectivity index (χ4v) is 1.96. The lowest BCUT2D eigenvalue weighted by molar-refractivity contribution is 1.06. The van der Waals surface area contributed by atoms with E-state index in [-0.39, 0.29) is 0 Å². The lowest BCUT2D eigenvalue weighted by atomic mass is 10.1. The zero-order chi connectivity index (χ0) is 11.7. The van der Waals surface area contributed by atoms with Gasteiger partial charge in [0.25, 0.3) is 0 Å². The Hall–Kier alpha value is -2.54. The van der Waals surface area contributed by atoms with Gasteiger partial charge in [0.1, 0.15) is 5.82 Å². The van der Waals surface area contributed by atoms with E-state index in [1.165, 1.54) is 0 Å². The van der Waals surface area contributed by atoms with E-state index >= 15 is 0 Å². The number of hydrogen-bond donors (Lipinski definition) is 2. The summed E-state index contributed by atoms with van der Waals surface area (Å²) < 4.78 is 0. The third kappa shape index (κ3) is 1.58. The van der Waals surface area contributed by atoms with Crippen LogP contribution in [0.3, 0.4) is 0 Å². The van der Waals surface area contributed by atoms with Crippen molar-refractivity contribution in [2.75, 3.05) is 0 Å². The first-order chi connectivity index (χ1) is 8.38. The van der Waals surface area contributed by atoms with Gasteiger partial charge in [-0.15, -0.1) is 0 Å². The Morgan fingerprint density at radius 1 is 1.29 bits per heavy atom. The normalized spacial score (nSPS) is 10.5. The molecule has 3 aromatic rings. The van der Waals surface area contributed by atoms with Crippen LogP contribution in [0, 0.1) is 11.3 Å². The number of nitrogens with one attached hydrogen (secondary N) is 2. The summed E-state index contributed by atoms with van der Waals surface area (Å²) in [6.45, 7) is 0. The number of imidazole rings is 1. The van der Waals surface area contributed by atoms with Crippen LogP contribution in [0.25, 0.3) is 22.2 Å². The molecule has 0 amide bonds. The first-order valence-electron chi connectivity index (χ1n) is 5.36. The third-order valence-electron chi connectivity index (χ3n) is 2.75. The highest BCUT2D eigenvalue weighted by molar-refractivity contribution is 5.94. The topological polar surface area (TPSA) is 68.3 Å². The van der Waals surface area contributed by atoms with Crippen LogP contribution in [0.15, 0.2) is 36.7 Å². The van der Waals surface area contributed by atoms with Crippen LogP contribution in [-0.2, 0) is 6.42 Å². The van der Waals surface area contributed by atoms with Crippen LogP contribution in [0.2, 0.25) is 0 Å². The van der Waals surface area contributed by atoms with Gasteiger partial charge >= 0.3 is 0 Å². The largest absolute Gasteiger partial charge is 0.360 e. The molecule has 2 N–H and O–H groups in total. The highest BCUT2D eigenvalue weighted by Crippen LogP contribution is 2.26. The predicted molar refractivity (Wildman–Crippen MR) is 65.2 cm³/mol. The molecule has 4 heteroatoms. The minimum atomic E-state index is 0.308. The van der Waals surface area contributed by atoms with Crippen molar-refractivity contribution in [1.29, 1.82) is 5.26 Å². The van der Waals surface area contributed by atoms with E-state index in [1.807, 2.05) is 24.4 Å². The van der Waals surface area contributed by atoms with E-state index in [1.54, 1.807) is 6.20 Å². The number of nitrogens with zero attached hydrogens (tertiary/aromatic N) is 2. The number of para-hydroxylation sites is 1. The number of benzene rings is 1. The molecule has 2 aromatic heterocycles. The Labute approximate surface area is 97.9 Å². The van der Waals surface area contributed by atoms with Crippen LogP contribution < -0.4 is 0 Å². The van der Waals surface area contributed by atoms with Gasteiger partial charge in [-0.2, -0.15) is 5.26 Å². The number of fused-ring (bicyclic) bond motifs is 1. The predicted octanol–water partition coefficient (Wildman–Crippen LogP) is 2.62. The summed E-state index contributed by atoms with van der Waals surface area (Å²) >= 11 is 0. The molecule has 1 aromatic carbocycles. The molecule has 0 aliphatic carbocycles. The molecule has 3 rings (SSSR count). The summed E-state index contributed by atoms with van der Waals surface area (Å²) in [6, 6.07) is 10.2. The van der Waals surface area contributed by atoms with Crippen molar-refractivity contribution < 1.29 is 0 Å². The first kappa shape index (κ1) is 9.67. The molecule has 82 valence electrons. The summed E-state index contributed by atoms with van der Waals surface area (Å²) in [5.74, 6) is 0.702. The molecule has 17 heavy (non-hydrogen) atoms. The van der Waals surface area contributed by atoms with Gasteiger partial charge in [0.05, 0.1) is 24.4 Å². The van der Waals surface area contributed by atoms with Crippen molar-refractivity contribution in [2.45, 2.75) is 6.42 Å². The second-order valence-corrected chi connectivity index (χ2v) is 3.83. The van der Waals surface area contributed by atoms with E-state index in [2.05, 4.69) is 27.1 Å². The number of rotatable bonds is 2. The maximum atomic E-state index is 8.62. The lowest BCUT2D eigenvalue weighted by Gasteiger charge is -1.94. The van der Waals surface area contributed by atoms with Gasteiger partial charge in [-0.25, -0.2) is 4.98 Å². The maximum absolute atomic E-state index is 8.62. The Balaban J connectivity index is 2.11. The Morgan fingerprint density at radius 2 is 2.18 bits per heavy atom. The SMILES string of the molecule is N#CCc1ncc(-c2c[nH]c3ccccc23)[nH]1. The molecular formula is C13H10N4. The molecule has 0 radical (unpaired) electrons. The highest BCUT2D eigenvalue weighted by atomic mass is 14.9. The van der Waals surface area contributed by atoms with Gasteiger partial charge in [-0.1, -0.05) is 18.2 Å². The molecule has 0 bridgehead atoms. The average Bonchev–Trinajstić information content (AvgIpc) is 2.95. The summed E-state index contributed by atoms with van der Waals surface area (Å²) in [5, 5.41) is 9.77. The number of aromatic nitrogens is 3. The monoisotopic (exact) mass is 222 g/mol. The first-order valence-corrected chi connectivity index (χ1v) is 5.36. The summed E-state index contributed by atoms with van der Waals surface area (Å²) in [7, 11) is 0. The third-order valence-corrected chi connectivity index (χ3v) is 2.75. The number of H-pyrrole nitrogens is 2. The van der Waals surface area contributed by atoms with Crippen molar-refractivity contribution in [3.05, 3.63) is 42.5 Å². The number of aromatic amines is 2. The van der Waals surface area contributed by atoms with Crippen LogP contribution in [-0.4, -0.2) is 15.0 Å². The number of nitriles is 1. The summed E-state index contributed by atoms with van der Waals surface area (Å²) in [4.78, 5) is 10.5. The van der Waals surface area contributed by atoms with Crippen molar-refractivity contribution >= 4 is 10.9 Å². The van der Waals surface area contributed by atoms with E-state index in [0.717, 1.165) is 22.2 Å². The molecular weight excluding hydrogens is 212 g/mol. The minimum absolute atomic E-state index is 0.308. The molecule has 0 aliphatic heterocycles. The zero-order valence-electron chi connectivity index (χ0n) is 9.07. The van der Waals surface area contributed by atoms with Gasteiger partial charge in [-0.05, 0) is 6.07 Å². The molecule has 0 spiro atoms. The number of hydrogen-bond acceptors (Lipinski definition) is 2. The molecule has 0 atom stereocenters. The lowest BCUT2D eigenvalue weighted by Crippen LogP contribution is -1.83. The Morgan fingerprint density at radius 3 is 3.06 bits per heavy atom. The van der Waals surface area contributed by atoms with Crippen molar-refractivity contribution in [3.8, 4) is 17.3 Å².